The summed E-state index contributed by atoms with van der Waals surface area (Å²) < 4.78 is 36.2. The third kappa shape index (κ3) is 5.19. The van der Waals surface area contributed by atoms with Crippen LogP contribution in [-0.4, -0.2) is 36.7 Å². The zero-order valence-electron chi connectivity index (χ0n) is 14.0. The number of esters is 1. The van der Waals surface area contributed by atoms with Gasteiger partial charge in [-0.05, 0) is 44.6 Å². The van der Waals surface area contributed by atoms with E-state index in [9.17, 15) is 18.0 Å². The highest BCUT2D eigenvalue weighted by atomic mass is 33.1. The van der Waals surface area contributed by atoms with Crippen LogP contribution in [0.5, 0.6) is 0 Å². The standard InChI is InChI=1S/C15H21NO6S3/c1-3-10(24-25(19,20)21)13(17)16-14-12(15(18)22-4-2)9-7-5-6-8-11(9)23-14/h10H,3-8H2,1-2H3,(H,16,17)(H,19,20,21)/t10-/m1/s1. The van der Waals surface area contributed by atoms with E-state index in [4.69, 9.17) is 9.29 Å². The molecule has 0 unspecified atom stereocenters. The predicted molar refractivity (Wildman–Crippen MR) is 98.8 cm³/mol. The fourth-order valence-corrected chi connectivity index (χ4v) is 6.12. The molecule has 2 N–H and O–H groups in total. The van der Waals surface area contributed by atoms with Gasteiger partial charge >= 0.3 is 15.1 Å². The normalized spacial score (nSPS) is 15.3. The summed E-state index contributed by atoms with van der Waals surface area (Å²) in [7, 11) is -4.15. The molecule has 2 rings (SSSR count). The second kappa shape index (κ2) is 8.52. The number of carbonyl (C=O) groups is 2. The van der Waals surface area contributed by atoms with Gasteiger partial charge in [0.1, 0.15) is 10.3 Å². The van der Waals surface area contributed by atoms with Crippen LogP contribution < -0.4 is 5.32 Å². The first kappa shape index (κ1) is 20.2. The van der Waals surface area contributed by atoms with Crippen molar-refractivity contribution in [3.63, 3.8) is 0 Å². The summed E-state index contributed by atoms with van der Waals surface area (Å²) in [6.45, 7) is 3.59. The molecule has 0 fully saturated rings. The fourth-order valence-electron chi connectivity index (χ4n) is 2.71. The first-order chi connectivity index (χ1) is 11.8. The number of hydrogen-bond donors (Lipinski definition) is 2. The molecule has 0 aliphatic heterocycles. The zero-order valence-corrected chi connectivity index (χ0v) is 16.5. The Kier molecular flexibility index (Phi) is 6.89. The number of carbonyl (C=O) groups excluding carboxylic acids is 2. The molecule has 1 atom stereocenters. The Morgan fingerprint density at radius 3 is 2.60 bits per heavy atom. The molecular weight excluding hydrogens is 386 g/mol. The minimum Gasteiger partial charge on any atom is -0.462 e. The molecule has 0 saturated heterocycles. The van der Waals surface area contributed by atoms with Crippen LogP contribution in [0.3, 0.4) is 0 Å². The Morgan fingerprint density at radius 2 is 2.00 bits per heavy atom. The number of fused-ring (bicyclic) bond motifs is 1. The van der Waals surface area contributed by atoms with Gasteiger partial charge in [-0.3, -0.25) is 9.35 Å². The highest BCUT2D eigenvalue weighted by Gasteiger charge is 2.30. The van der Waals surface area contributed by atoms with E-state index in [0.29, 0.717) is 10.6 Å². The molecule has 0 aromatic carbocycles. The van der Waals surface area contributed by atoms with E-state index in [-0.39, 0.29) is 23.8 Å². The van der Waals surface area contributed by atoms with Crippen molar-refractivity contribution in [3.8, 4) is 0 Å². The van der Waals surface area contributed by atoms with Crippen molar-refractivity contribution in [1.82, 2.24) is 0 Å². The third-order valence-electron chi connectivity index (χ3n) is 3.79. The van der Waals surface area contributed by atoms with Gasteiger partial charge in [0.2, 0.25) is 5.91 Å². The van der Waals surface area contributed by atoms with Crippen molar-refractivity contribution < 1.29 is 27.3 Å². The summed E-state index contributed by atoms with van der Waals surface area (Å²) in [4.78, 5) is 25.8. The van der Waals surface area contributed by atoms with Crippen molar-refractivity contribution in [2.75, 3.05) is 11.9 Å². The summed E-state index contributed by atoms with van der Waals surface area (Å²) >= 11 is 1.34. The molecule has 1 aromatic rings. The van der Waals surface area contributed by atoms with E-state index in [1.807, 2.05) is 0 Å². The van der Waals surface area contributed by atoms with E-state index in [2.05, 4.69) is 5.32 Å². The number of rotatable bonds is 7. The van der Waals surface area contributed by atoms with E-state index < -0.39 is 26.3 Å². The van der Waals surface area contributed by atoms with E-state index in [0.717, 1.165) is 36.1 Å². The summed E-state index contributed by atoms with van der Waals surface area (Å²) in [5.41, 5.74) is 1.29. The van der Waals surface area contributed by atoms with Crippen molar-refractivity contribution in [2.24, 2.45) is 0 Å². The van der Waals surface area contributed by atoms with Crippen LogP contribution in [-0.2, 0) is 31.5 Å². The quantitative estimate of drug-likeness (QED) is 0.406. The molecular formula is C15H21NO6S3. The molecule has 0 spiro atoms. The number of aryl methyl sites for hydroxylation is 1. The van der Waals surface area contributed by atoms with Crippen molar-refractivity contribution in [2.45, 2.75) is 51.2 Å². The minimum atomic E-state index is -4.34. The smallest absolute Gasteiger partial charge is 0.341 e. The predicted octanol–water partition coefficient (Wildman–Crippen LogP) is 3.06. The minimum absolute atomic E-state index is 0.193. The molecule has 1 aliphatic rings. The molecule has 0 saturated carbocycles. The summed E-state index contributed by atoms with van der Waals surface area (Å²) in [5.74, 6) is -1.04. The third-order valence-corrected chi connectivity index (χ3v) is 7.45. The van der Waals surface area contributed by atoms with Crippen molar-refractivity contribution in [3.05, 3.63) is 16.0 Å². The van der Waals surface area contributed by atoms with E-state index >= 15 is 0 Å². The molecule has 1 aromatic heterocycles. The lowest BCUT2D eigenvalue weighted by atomic mass is 9.95. The molecule has 1 amide bonds. The molecule has 0 bridgehead atoms. The van der Waals surface area contributed by atoms with Crippen molar-refractivity contribution in [1.29, 1.82) is 0 Å². The molecule has 140 valence electrons. The van der Waals surface area contributed by atoms with E-state index in [1.54, 1.807) is 13.8 Å². The van der Waals surface area contributed by atoms with Gasteiger partial charge < -0.3 is 10.1 Å². The van der Waals surface area contributed by atoms with Gasteiger partial charge in [-0.1, -0.05) is 6.92 Å². The number of nitrogens with one attached hydrogen (secondary N) is 1. The topological polar surface area (TPSA) is 110 Å². The Hall–Kier alpha value is -1.10. The first-order valence-electron chi connectivity index (χ1n) is 8.05. The zero-order chi connectivity index (χ0) is 18.6. The van der Waals surface area contributed by atoms with Gasteiger partial charge in [0.05, 0.1) is 12.2 Å². The lowest BCUT2D eigenvalue weighted by Gasteiger charge is -2.14. The van der Waals surface area contributed by atoms with Gasteiger partial charge in [0, 0.05) is 15.7 Å². The molecule has 10 heteroatoms. The maximum atomic E-state index is 12.4. The molecule has 25 heavy (non-hydrogen) atoms. The van der Waals surface area contributed by atoms with Crippen LogP contribution in [0.25, 0.3) is 0 Å². The second-order valence-electron chi connectivity index (χ2n) is 5.55. The number of anilines is 1. The summed E-state index contributed by atoms with van der Waals surface area (Å²) in [6, 6.07) is 0. The van der Waals surface area contributed by atoms with Crippen LogP contribution in [0.1, 0.15) is 53.9 Å². The molecule has 0 radical (unpaired) electrons. The van der Waals surface area contributed by atoms with Crippen LogP contribution in [0.15, 0.2) is 0 Å². The van der Waals surface area contributed by atoms with Crippen molar-refractivity contribution >= 4 is 48.2 Å². The van der Waals surface area contributed by atoms with Crippen LogP contribution in [0.4, 0.5) is 5.00 Å². The largest absolute Gasteiger partial charge is 0.462 e. The maximum absolute atomic E-state index is 12.4. The monoisotopic (exact) mass is 407 g/mol. The lowest BCUT2D eigenvalue weighted by molar-refractivity contribution is -0.115. The molecule has 1 aliphatic carbocycles. The number of amides is 1. The Labute approximate surface area is 154 Å². The van der Waals surface area contributed by atoms with Gasteiger partial charge in [-0.2, -0.15) is 8.42 Å². The SMILES string of the molecule is CCOC(=O)c1c(NC(=O)[C@@H](CC)SS(=O)(=O)O)sc2c1CCCC2. The first-order valence-corrected chi connectivity index (χ1v) is 11.7. The van der Waals surface area contributed by atoms with Gasteiger partial charge in [0.15, 0.2) is 0 Å². The number of hydrogen-bond acceptors (Lipinski definition) is 7. The summed E-state index contributed by atoms with van der Waals surface area (Å²) in [6.07, 6.45) is 3.82. The Morgan fingerprint density at radius 1 is 1.32 bits per heavy atom. The number of thiophene rings is 1. The Balaban J connectivity index is 2.30. The van der Waals surface area contributed by atoms with Gasteiger partial charge in [-0.15, -0.1) is 11.3 Å². The van der Waals surface area contributed by atoms with Gasteiger partial charge in [0.25, 0.3) is 0 Å². The van der Waals surface area contributed by atoms with Crippen LogP contribution in [0.2, 0.25) is 0 Å². The second-order valence-corrected chi connectivity index (χ2v) is 10.1. The van der Waals surface area contributed by atoms with E-state index in [1.165, 1.54) is 11.3 Å². The lowest BCUT2D eigenvalue weighted by Crippen LogP contribution is -2.26. The fraction of sp³-hybridized carbons (Fsp3) is 0.600. The molecule has 7 nitrogen and oxygen atoms in total. The Bertz CT molecular complexity index is 756. The van der Waals surface area contributed by atoms with Crippen LogP contribution >= 0.6 is 22.1 Å². The van der Waals surface area contributed by atoms with Crippen LogP contribution in [0, 0.1) is 0 Å². The molecule has 1 heterocycles. The number of ether oxygens (including phenoxy) is 1. The summed E-state index contributed by atoms with van der Waals surface area (Å²) in [5, 5.41) is 2.09. The highest BCUT2D eigenvalue weighted by molar-refractivity contribution is 8.70. The average molecular weight is 408 g/mol. The average Bonchev–Trinajstić information content (AvgIpc) is 2.89. The van der Waals surface area contributed by atoms with Gasteiger partial charge in [-0.25, -0.2) is 4.79 Å². The highest BCUT2D eigenvalue weighted by Crippen LogP contribution is 2.39. The maximum Gasteiger partial charge on any atom is 0.341 e.